The lowest BCUT2D eigenvalue weighted by atomic mass is 10.5. The van der Waals surface area contributed by atoms with Gasteiger partial charge in [-0.3, -0.25) is 0 Å². The molecule has 1 N–H and O–H groups in total. The molecule has 0 aliphatic heterocycles. The van der Waals surface area contributed by atoms with Crippen LogP contribution in [-0.2, 0) is 0 Å². The van der Waals surface area contributed by atoms with E-state index >= 15 is 0 Å². The lowest BCUT2D eigenvalue weighted by Crippen LogP contribution is -1.89. The number of H-pyrrole nitrogens is 1. The number of nitrogens with one attached hydrogen (secondary N) is 1. The first-order valence-corrected chi connectivity index (χ1v) is 3.44. The summed E-state index contributed by atoms with van der Waals surface area (Å²) in [5, 5.41) is 7.52. The van der Waals surface area contributed by atoms with Gasteiger partial charge in [0.15, 0.2) is 11.3 Å². The Kier molecular flexibility index (Phi) is 0.840. The summed E-state index contributed by atoms with van der Waals surface area (Å²) in [5.41, 5.74) is 2.24. The predicted molar refractivity (Wildman–Crippen MR) is 40.4 cm³/mol. The first-order chi connectivity index (χ1) is 5.93. The van der Waals surface area contributed by atoms with E-state index in [2.05, 4.69) is 25.3 Å². The number of aromatic amines is 1. The summed E-state index contributed by atoms with van der Waals surface area (Å²) in [5.74, 6) is 0. The van der Waals surface area contributed by atoms with Gasteiger partial charge >= 0.3 is 0 Å². The zero-order chi connectivity index (χ0) is 7.97. The van der Waals surface area contributed by atoms with Gasteiger partial charge in [-0.25, -0.2) is 14.5 Å². The third kappa shape index (κ3) is 0.584. The molecular formula is C6H4N6. The van der Waals surface area contributed by atoms with E-state index < -0.39 is 0 Å². The van der Waals surface area contributed by atoms with Gasteiger partial charge in [0.25, 0.3) is 0 Å². The zero-order valence-corrected chi connectivity index (χ0v) is 5.97. The van der Waals surface area contributed by atoms with Crippen LogP contribution in [0.25, 0.3) is 16.8 Å². The molecule has 0 spiro atoms. The second-order valence-corrected chi connectivity index (χ2v) is 2.42. The average molecular weight is 160 g/mol. The topological polar surface area (TPSA) is 71.8 Å². The molecule has 3 rings (SSSR count). The van der Waals surface area contributed by atoms with Crippen LogP contribution >= 0.6 is 0 Å². The monoisotopic (exact) mass is 160 g/mol. The van der Waals surface area contributed by atoms with Crippen molar-refractivity contribution in [2.24, 2.45) is 0 Å². The van der Waals surface area contributed by atoms with E-state index in [-0.39, 0.29) is 0 Å². The van der Waals surface area contributed by atoms with Gasteiger partial charge in [0.1, 0.15) is 5.52 Å². The quantitative estimate of drug-likeness (QED) is 0.502. The molecule has 12 heavy (non-hydrogen) atoms. The summed E-state index contributed by atoms with van der Waals surface area (Å²) < 4.78 is 1.60. The Morgan fingerprint density at radius 1 is 1.42 bits per heavy atom. The number of imidazole rings is 1. The van der Waals surface area contributed by atoms with Crippen molar-refractivity contribution in [2.75, 3.05) is 0 Å². The van der Waals surface area contributed by atoms with Gasteiger partial charge in [0, 0.05) is 0 Å². The smallest absolute Gasteiger partial charge is 0.181 e. The van der Waals surface area contributed by atoms with Crippen molar-refractivity contribution in [1.82, 2.24) is 29.8 Å². The Labute approximate surface area is 66.3 Å². The molecule has 0 unspecified atom stereocenters. The molecule has 0 aromatic carbocycles. The lowest BCUT2D eigenvalue weighted by Gasteiger charge is -1.88. The average Bonchev–Trinajstić information content (AvgIpc) is 2.64. The van der Waals surface area contributed by atoms with Gasteiger partial charge < -0.3 is 4.98 Å². The molecule has 0 amide bonds. The second kappa shape index (κ2) is 1.79. The molecule has 0 fully saturated rings. The molecule has 0 bridgehead atoms. The fourth-order valence-electron chi connectivity index (χ4n) is 1.12. The Morgan fingerprint density at radius 2 is 2.42 bits per heavy atom. The molecule has 6 nitrogen and oxygen atoms in total. The molecule has 3 aromatic rings. The maximum Gasteiger partial charge on any atom is 0.181 e. The van der Waals surface area contributed by atoms with Gasteiger partial charge in [0.05, 0.1) is 18.7 Å². The molecular weight excluding hydrogens is 156 g/mol. The molecule has 3 heterocycles. The van der Waals surface area contributed by atoms with E-state index in [4.69, 9.17) is 0 Å². The van der Waals surface area contributed by atoms with Crippen molar-refractivity contribution in [3.05, 3.63) is 18.7 Å². The first kappa shape index (κ1) is 5.64. The largest absolute Gasteiger partial charge is 0.342 e. The number of rotatable bonds is 0. The second-order valence-electron chi connectivity index (χ2n) is 2.42. The summed E-state index contributed by atoms with van der Waals surface area (Å²) >= 11 is 0. The van der Waals surface area contributed by atoms with Crippen molar-refractivity contribution in [3.8, 4) is 0 Å². The van der Waals surface area contributed by atoms with Crippen LogP contribution in [0.2, 0.25) is 0 Å². The normalized spacial score (nSPS) is 11.3. The lowest BCUT2D eigenvalue weighted by molar-refractivity contribution is 0.852. The zero-order valence-electron chi connectivity index (χ0n) is 5.97. The van der Waals surface area contributed by atoms with E-state index in [1.54, 1.807) is 23.2 Å². The van der Waals surface area contributed by atoms with E-state index in [0.29, 0.717) is 11.3 Å². The Balaban J connectivity index is 2.62. The SMILES string of the molecule is c1nc2nc3cnnn3cc2[nH]1. The molecule has 0 radical (unpaired) electrons. The molecule has 0 aliphatic carbocycles. The van der Waals surface area contributed by atoms with E-state index in [1.807, 2.05) is 0 Å². The summed E-state index contributed by atoms with van der Waals surface area (Å²) in [6.45, 7) is 0. The molecule has 0 atom stereocenters. The first-order valence-electron chi connectivity index (χ1n) is 3.44. The highest BCUT2D eigenvalue weighted by atomic mass is 15.4. The fraction of sp³-hybridized carbons (Fsp3) is 0. The number of nitrogens with zero attached hydrogens (tertiary/aromatic N) is 5. The maximum atomic E-state index is 4.19. The Morgan fingerprint density at radius 3 is 3.42 bits per heavy atom. The molecule has 6 heteroatoms. The van der Waals surface area contributed by atoms with Crippen LogP contribution in [0.1, 0.15) is 0 Å². The highest BCUT2D eigenvalue weighted by Crippen LogP contribution is 2.05. The number of aromatic nitrogens is 6. The van der Waals surface area contributed by atoms with Gasteiger partial charge in [-0.05, 0) is 0 Å². The third-order valence-corrected chi connectivity index (χ3v) is 1.68. The molecule has 0 saturated heterocycles. The minimum atomic E-state index is 0.685. The number of hydrogen-bond donors (Lipinski definition) is 1. The van der Waals surface area contributed by atoms with Crippen LogP contribution in [0.5, 0.6) is 0 Å². The van der Waals surface area contributed by atoms with Gasteiger partial charge in [-0.1, -0.05) is 5.21 Å². The van der Waals surface area contributed by atoms with E-state index in [0.717, 1.165) is 5.52 Å². The van der Waals surface area contributed by atoms with Crippen molar-refractivity contribution in [1.29, 1.82) is 0 Å². The van der Waals surface area contributed by atoms with Gasteiger partial charge in [-0.15, -0.1) is 5.10 Å². The fourth-order valence-corrected chi connectivity index (χ4v) is 1.12. The molecule has 58 valence electrons. The van der Waals surface area contributed by atoms with Crippen molar-refractivity contribution in [3.63, 3.8) is 0 Å². The Hall–Kier alpha value is -1.98. The molecule has 0 saturated carbocycles. The summed E-state index contributed by atoms with van der Waals surface area (Å²) in [6.07, 6.45) is 5.00. The minimum Gasteiger partial charge on any atom is -0.342 e. The third-order valence-electron chi connectivity index (χ3n) is 1.68. The summed E-state index contributed by atoms with van der Waals surface area (Å²) in [7, 11) is 0. The highest BCUT2D eigenvalue weighted by Gasteiger charge is 2.00. The molecule has 3 aromatic heterocycles. The van der Waals surface area contributed by atoms with Crippen LogP contribution in [0.4, 0.5) is 0 Å². The van der Waals surface area contributed by atoms with Crippen LogP contribution < -0.4 is 0 Å². The maximum absolute atomic E-state index is 4.19. The standard InChI is InChI=1S/C6H4N6/c1-5-10-6-4(7-3-8-6)2-12(5)11-9-1/h1-3H,(H,7,8,10). The summed E-state index contributed by atoms with van der Waals surface area (Å²) in [6, 6.07) is 0. The van der Waals surface area contributed by atoms with Crippen LogP contribution in [0.3, 0.4) is 0 Å². The summed E-state index contributed by atoms with van der Waals surface area (Å²) in [4.78, 5) is 11.1. The van der Waals surface area contributed by atoms with Gasteiger partial charge in [-0.2, -0.15) is 0 Å². The van der Waals surface area contributed by atoms with Crippen molar-refractivity contribution >= 4 is 16.8 Å². The van der Waals surface area contributed by atoms with E-state index in [9.17, 15) is 0 Å². The van der Waals surface area contributed by atoms with E-state index in [1.165, 1.54) is 0 Å². The van der Waals surface area contributed by atoms with Gasteiger partial charge in [0.2, 0.25) is 0 Å². The number of hydrogen-bond acceptors (Lipinski definition) is 4. The highest BCUT2D eigenvalue weighted by molar-refractivity contribution is 5.70. The van der Waals surface area contributed by atoms with Crippen LogP contribution in [-0.4, -0.2) is 29.8 Å². The van der Waals surface area contributed by atoms with Crippen LogP contribution in [0.15, 0.2) is 18.7 Å². The Bertz CT molecular complexity index is 444. The predicted octanol–water partition coefficient (Wildman–Crippen LogP) is 0.000600. The minimum absolute atomic E-state index is 0.685. The van der Waals surface area contributed by atoms with Crippen molar-refractivity contribution < 1.29 is 0 Å². The molecule has 0 aliphatic rings. The van der Waals surface area contributed by atoms with Crippen LogP contribution in [0, 0.1) is 0 Å². The number of fused-ring (bicyclic) bond motifs is 2. The van der Waals surface area contributed by atoms with Crippen molar-refractivity contribution in [2.45, 2.75) is 0 Å².